The second kappa shape index (κ2) is 6.64. The number of amides is 1. The summed E-state index contributed by atoms with van der Waals surface area (Å²) < 4.78 is 0. The zero-order valence-electron chi connectivity index (χ0n) is 12.3. The highest BCUT2D eigenvalue weighted by Gasteiger charge is 2.31. The van der Waals surface area contributed by atoms with Crippen molar-refractivity contribution in [3.8, 4) is 0 Å². The van der Waals surface area contributed by atoms with Crippen LogP contribution in [0.25, 0.3) is 0 Å². The van der Waals surface area contributed by atoms with Gasteiger partial charge in [-0.25, -0.2) is 0 Å². The third-order valence-corrected chi connectivity index (χ3v) is 4.37. The smallest absolute Gasteiger partial charge is 0.241 e. The molecule has 1 saturated heterocycles. The van der Waals surface area contributed by atoms with E-state index in [4.69, 9.17) is 17.3 Å². The molecule has 3 atom stereocenters. The fourth-order valence-electron chi connectivity index (χ4n) is 2.61. The average Bonchev–Trinajstić information content (AvgIpc) is 2.90. The molecule has 2 rings (SSSR count). The number of rotatable bonds is 4. The van der Waals surface area contributed by atoms with Gasteiger partial charge in [0.05, 0.1) is 23.5 Å². The van der Waals surface area contributed by atoms with Crippen molar-refractivity contribution in [1.82, 2.24) is 4.90 Å². The van der Waals surface area contributed by atoms with E-state index in [9.17, 15) is 9.90 Å². The Hall–Kier alpha value is -1.30. The standard InChI is InChI=1S/C15H22ClN3O2/c1-9(19-6-5-11(8-19)10(2)20)15(21)18-14-4-3-12(16)7-13(14)17/h3-4,7,9-11,20H,5-6,8,17H2,1-2H3,(H,18,21). The second-order valence-corrected chi connectivity index (χ2v) is 6.12. The summed E-state index contributed by atoms with van der Waals surface area (Å²) in [5, 5.41) is 13.0. The molecule has 0 aliphatic carbocycles. The fraction of sp³-hybridized carbons (Fsp3) is 0.533. The summed E-state index contributed by atoms with van der Waals surface area (Å²) in [5.74, 6) is 0.135. The minimum absolute atomic E-state index is 0.102. The minimum Gasteiger partial charge on any atom is -0.397 e. The maximum Gasteiger partial charge on any atom is 0.241 e. The molecule has 0 radical (unpaired) electrons. The van der Waals surface area contributed by atoms with E-state index in [0.717, 1.165) is 19.5 Å². The van der Waals surface area contributed by atoms with Gasteiger partial charge in [-0.3, -0.25) is 9.69 Å². The average molecular weight is 312 g/mol. The number of nitrogens with zero attached hydrogens (tertiary/aromatic N) is 1. The van der Waals surface area contributed by atoms with Crippen LogP contribution in [-0.2, 0) is 4.79 Å². The van der Waals surface area contributed by atoms with Crippen LogP contribution in [-0.4, -0.2) is 41.1 Å². The van der Waals surface area contributed by atoms with Gasteiger partial charge < -0.3 is 16.2 Å². The lowest BCUT2D eigenvalue weighted by Gasteiger charge is -2.24. The molecular formula is C15H22ClN3O2. The first-order valence-electron chi connectivity index (χ1n) is 7.16. The summed E-state index contributed by atoms with van der Waals surface area (Å²) in [7, 11) is 0. The largest absolute Gasteiger partial charge is 0.397 e. The van der Waals surface area contributed by atoms with E-state index in [1.807, 2.05) is 6.92 Å². The van der Waals surface area contributed by atoms with Crippen LogP contribution in [0, 0.1) is 5.92 Å². The third kappa shape index (κ3) is 3.87. The molecule has 0 spiro atoms. The lowest BCUT2D eigenvalue weighted by Crippen LogP contribution is -2.41. The van der Waals surface area contributed by atoms with E-state index in [-0.39, 0.29) is 24.0 Å². The topological polar surface area (TPSA) is 78.6 Å². The van der Waals surface area contributed by atoms with Crippen molar-refractivity contribution in [2.45, 2.75) is 32.4 Å². The molecule has 116 valence electrons. The van der Waals surface area contributed by atoms with Crippen LogP contribution in [0.2, 0.25) is 5.02 Å². The van der Waals surface area contributed by atoms with E-state index >= 15 is 0 Å². The number of carbonyl (C=O) groups is 1. The zero-order valence-corrected chi connectivity index (χ0v) is 13.1. The quantitative estimate of drug-likeness (QED) is 0.743. The highest BCUT2D eigenvalue weighted by Crippen LogP contribution is 2.25. The Morgan fingerprint density at radius 3 is 2.81 bits per heavy atom. The number of likely N-dealkylation sites (tertiary alicyclic amines) is 1. The van der Waals surface area contributed by atoms with E-state index in [2.05, 4.69) is 10.2 Å². The second-order valence-electron chi connectivity index (χ2n) is 5.68. The monoisotopic (exact) mass is 311 g/mol. The van der Waals surface area contributed by atoms with Gasteiger partial charge >= 0.3 is 0 Å². The van der Waals surface area contributed by atoms with E-state index in [0.29, 0.717) is 16.4 Å². The molecule has 3 unspecified atom stereocenters. The highest BCUT2D eigenvalue weighted by atomic mass is 35.5. The van der Waals surface area contributed by atoms with Crippen LogP contribution in [0.5, 0.6) is 0 Å². The molecule has 1 aromatic rings. The van der Waals surface area contributed by atoms with Crippen LogP contribution in [0.15, 0.2) is 18.2 Å². The van der Waals surface area contributed by atoms with Crippen LogP contribution < -0.4 is 11.1 Å². The number of benzene rings is 1. The normalized spacial score (nSPS) is 22.0. The van der Waals surface area contributed by atoms with Gasteiger partial charge in [0.1, 0.15) is 0 Å². The van der Waals surface area contributed by atoms with Crippen molar-refractivity contribution >= 4 is 28.9 Å². The van der Waals surface area contributed by atoms with Crippen LogP contribution in [0.4, 0.5) is 11.4 Å². The molecule has 4 N–H and O–H groups in total. The predicted molar refractivity (Wildman–Crippen MR) is 85.3 cm³/mol. The van der Waals surface area contributed by atoms with Gasteiger partial charge in [-0.15, -0.1) is 0 Å². The zero-order chi connectivity index (χ0) is 15.6. The molecule has 0 bridgehead atoms. The molecule has 1 heterocycles. The Labute approximate surface area is 130 Å². The number of hydrogen-bond donors (Lipinski definition) is 3. The summed E-state index contributed by atoms with van der Waals surface area (Å²) in [6.45, 7) is 5.22. The van der Waals surface area contributed by atoms with Crippen molar-refractivity contribution in [2.75, 3.05) is 24.1 Å². The number of nitrogen functional groups attached to an aromatic ring is 1. The first kappa shape index (κ1) is 16.1. The number of anilines is 2. The number of aliphatic hydroxyl groups is 1. The number of aliphatic hydroxyl groups excluding tert-OH is 1. The molecule has 1 amide bonds. The van der Waals surface area contributed by atoms with E-state index in [1.165, 1.54) is 0 Å². The Morgan fingerprint density at radius 2 is 2.24 bits per heavy atom. The minimum atomic E-state index is -0.336. The molecular weight excluding hydrogens is 290 g/mol. The highest BCUT2D eigenvalue weighted by molar-refractivity contribution is 6.31. The lowest BCUT2D eigenvalue weighted by atomic mass is 10.0. The summed E-state index contributed by atoms with van der Waals surface area (Å²) in [4.78, 5) is 14.4. The Bertz CT molecular complexity index is 522. The molecule has 6 heteroatoms. The Morgan fingerprint density at radius 1 is 1.52 bits per heavy atom. The Balaban J connectivity index is 1.97. The van der Waals surface area contributed by atoms with Gasteiger partial charge in [0, 0.05) is 11.6 Å². The van der Waals surface area contributed by atoms with Crippen LogP contribution in [0.3, 0.4) is 0 Å². The first-order chi connectivity index (χ1) is 9.88. The van der Waals surface area contributed by atoms with Crippen LogP contribution >= 0.6 is 11.6 Å². The molecule has 1 aliphatic rings. The van der Waals surface area contributed by atoms with Crippen molar-refractivity contribution in [3.05, 3.63) is 23.2 Å². The van der Waals surface area contributed by atoms with Crippen molar-refractivity contribution in [3.63, 3.8) is 0 Å². The third-order valence-electron chi connectivity index (χ3n) is 4.14. The summed E-state index contributed by atoms with van der Waals surface area (Å²) >= 11 is 5.84. The maximum absolute atomic E-state index is 12.3. The van der Waals surface area contributed by atoms with Crippen LogP contribution in [0.1, 0.15) is 20.3 Å². The number of halogens is 1. The van der Waals surface area contributed by atoms with Crippen molar-refractivity contribution < 1.29 is 9.90 Å². The fourth-order valence-corrected chi connectivity index (χ4v) is 2.79. The molecule has 21 heavy (non-hydrogen) atoms. The number of carbonyl (C=O) groups excluding carboxylic acids is 1. The first-order valence-corrected chi connectivity index (χ1v) is 7.54. The van der Waals surface area contributed by atoms with Gasteiger partial charge in [-0.05, 0) is 50.9 Å². The number of nitrogens with one attached hydrogen (secondary N) is 1. The predicted octanol–water partition coefficient (Wildman–Crippen LogP) is 1.95. The molecule has 1 aromatic carbocycles. The summed E-state index contributed by atoms with van der Waals surface area (Å²) in [6, 6.07) is 4.74. The van der Waals surface area contributed by atoms with E-state index < -0.39 is 0 Å². The van der Waals surface area contributed by atoms with Gasteiger partial charge in [0.25, 0.3) is 0 Å². The molecule has 0 saturated carbocycles. The van der Waals surface area contributed by atoms with Gasteiger partial charge in [0.15, 0.2) is 0 Å². The van der Waals surface area contributed by atoms with Gasteiger partial charge in [0.2, 0.25) is 5.91 Å². The lowest BCUT2D eigenvalue weighted by molar-refractivity contribution is -0.120. The Kier molecular flexibility index (Phi) is 5.08. The molecule has 0 aromatic heterocycles. The van der Waals surface area contributed by atoms with Crippen molar-refractivity contribution in [2.24, 2.45) is 5.92 Å². The molecule has 1 aliphatic heterocycles. The molecule has 1 fully saturated rings. The number of nitrogens with two attached hydrogens (primary N) is 1. The van der Waals surface area contributed by atoms with E-state index in [1.54, 1.807) is 25.1 Å². The van der Waals surface area contributed by atoms with Gasteiger partial charge in [-0.1, -0.05) is 11.6 Å². The summed E-state index contributed by atoms with van der Waals surface area (Å²) in [5.41, 5.74) is 6.86. The maximum atomic E-state index is 12.3. The van der Waals surface area contributed by atoms with Crippen molar-refractivity contribution in [1.29, 1.82) is 0 Å². The SMILES string of the molecule is CC(O)C1CCN(C(C)C(=O)Nc2ccc(Cl)cc2N)C1. The number of hydrogen-bond acceptors (Lipinski definition) is 4. The summed E-state index contributed by atoms with van der Waals surface area (Å²) in [6.07, 6.45) is 0.579. The van der Waals surface area contributed by atoms with Gasteiger partial charge in [-0.2, -0.15) is 0 Å². The molecule has 5 nitrogen and oxygen atoms in total.